The van der Waals surface area contributed by atoms with E-state index in [0.29, 0.717) is 31.3 Å². The van der Waals surface area contributed by atoms with E-state index in [-0.39, 0.29) is 0 Å². The molecule has 2 aromatic rings. The molecule has 2 saturated heterocycles. The summed E-state index contributed by atoms with van der Waals surface area (Å²) in [5.41, 5.74) is 6.39. The molecule has 0 saturated carbocycles. The Kier molecular flexibility index (Phi) is 9.03. The van der Waals surface area contributed by atoms with Gasteiger partial charge in [-0.3, -0.25) is 4.90 Å². The predicted octanol–water partition coefficient (Wildman–Crippen LogP) is 5.62. The molecule has 0 amide bonds. The number of anilines is 2. The van der Waals surface area contributed by atoms with Crippen LogP contribution in [0, 0.1) is 41.9 Å². The van der Waals surface area contributed by atoms with E-state index in [1.54, 1.807) is 0 Å². The Morgan fingerprint density at radius 3 is 2.14 bits per heavy atom. The lowest BCUT2D eigenvalue weighted by Gasteiger charge is -2.40. The van der Waals surface area contributed by atoms with Crippen LogP contribution in [0.5, 0.6) is 0 Å². The second-order valence-corrected chi connectivity index (χ2v) is 11.1. The molecule has 1 spiro atoms. The molecule has 0 aliphatic carbocycles. The lowest BCUT2D eigenvalue weighted by Crippen LogP contribution is -2.45. The molecule has 2 aromatic carbocycles. The zero-order chi connectivity index (χ0) is 26.3. The summed E-state index contributed by atoms with van der Waals surface area (Å²) in [6.45, 7) is 10.8. The maximum absolute atomic E-state index is 8.96. The van der Waals surface area contributed by atoms with Crippen LogP contribution in [0.3, 0.4) is 0 Å². The number of rotatable bonds is 8. The van der Waals surface area contributed by atoms with E-state index in [2.05, 4.69) is 88.5 Å². The standard InChI is InChI=1S/C30H38N6S/c1-24-19-25(2)21-27(20-24)33-29(37)36-17-10-30(11-18-36)9-16-34(23-30)22-26-5-7-28(8-6-26)35(14-3-12-31)15-4-13-32/h5-8,19-21H,3-4,9-11,14-18,22-23H2,1-2H3,(H,33,37). The predicted molar refractivity (Wildman–Crippen MR) is 154 cm³/mol. The Morgan fingerprint density at radius 2 is 1.54 bits per heavy atom. The normalized spacial score (nSPS) is 16.8. The molecule has 37 heavy (non-hydrogen) atoms. The first-order valence-electron chi connectivity index (χ1n) is 13.3. The van der Waals surface area contributed by atoms with Gasteiger partial charge in [0.15, 0.2) is 5.11 Å². The van der Waals surface area contributed by atoms with Crippen molar-refractivity contribution in [2.75, 3.05) is 49.5 Å². The van der Waals surface area contributed by atoms with E-state index in [1.165, 1.54) is 36.0 Å². The molecule has 0 atom stereocenters. The summed E-state index contributed by atoms with van der Waals surface area (Å²) in [7, 11) is 0. The summed E-state index contributed by atoms with van der Waals surface area (Å²) in [5.74, 6) is 0. The number of likely N-dealkylation sites (tertiary alicyclic amines) is 2. The smallest absolute Gasteiger partial charge is 0.173 e. The van der Waals surface area contributed by atoms with E-state index < -0.39 is 0 Å². The molecule has 194 valence electrons. The van der Waals surface area contributed by atoms with E-state index >= 15 is 0 Å². The van der Waals surface area contributed by atoms with Gasteiger partial charge in [-0.05, 0) is 98.2 Å². The van der Waals surface area contributed by atoms with Crippen molar-refractivity contribution in [2.45, 2.75) is 52.5 Å². The van der Waals surface area contributed by atoms with Crippen LogP contribution in [0.1, 0.15) is 48.8 Å². The Labute approximate surface area is 227 Å². The minimum atomic E-state index is 0.400. The van der Waals surface area contributed by atoms with E-state index in [1.807, 2.05) is 0 Å². The number of hydrogen-bond donors (Lipinski definition) is 1. The van der Waals surface area contributed by atoms with Crippen molar-refractivity contribution in [3.8, 4) is 12.1 Å². The Hall–Kier alpha value is -3.13. The number of hydrogen-bond acceptors (Lipinski definition) is 5. The molecule has 0 unspecified atom stereocenters. The fraction of sp³-hybridized carbons (Fsp3) is 0.500. The van der Waals surface area contributed by atoms with Gasteiger partial charge in [0.1, 0.15) is 0 Å². The topological polar surface area (TPSA) is 69.3 Å². The summed E-state index contributed by atoms with van der Waals surface area (Å²) in [6, 6.07) is 19.6. The van der Waals surface area contributed by atoms with Crippen molar-refractivity contribution in [2.24, 2.45) is 5.41 Å². The summed E-state index contributed by atoms with van der Waals surface area (Å²) >= 11 is 5.76. The highest BCUT2D eigenvalue weighted by molar-refractivity contribution is 7.80. The summed E-state index contributed by atoms with van der Waals surface area (Å²) in [6.07, 6.45) is 4.56. The third-order valence-electron chi connectivity index (χ3n) is 7.80. The molecule has 0 radical (unpaired) electrons. The molecule has 0 bridgehead atoms. The summed E-state index contributed by atoms with van der Waals surface area (Å²) in [4.78, 5) is 7.07. The number of aryl methyl sites for hydroxylation is 2. The molecule has 2 aliphatic heterocycles. The number of nitriles is 2. The van der Waals surface area contributed by atoms with E-state index in [0.717, 1.165) is 49.2 Å². The van der Waals surface area contributed by atoms with Gasteiger partial charge in [0.05, 0.1) is 25.0 Å². The van der Waals surface area contributed by atoms with Crippen LogP contribution in [-0.2, 0) is 6.54 Å². The fourth-order valence-corrected chi connectivity index (χ4v) is 6.12. The molecule has 6 nitrogen and oxygen atoms in total. The Morgan fingerprint density at radius 1 is 0.946 bits per heavy atom. The van der Waals surface area contributed by atoms with Gasteiger partial charge in [0.25, 0.3) is 0 Å². The van der Waals surface area contributed by atoms with Crippen molar-refractivity contribution in [3.63, 3.8) is 0 Å². The van der Waals surface area contributed by atoms with Crippen LogP contribution in [-0.4, -0.2) is 54.2 Å². The Balaban J connectivity index is 1.27. The third-order valence-corrected chi connectivity index (χ3v) is 8.16. The average Bonchev–Trinajstić information content (AvgIpc) is 3.26. The highest BCUT2D eigenvalue weighted by atomic mass is 32.1. The lowest BCUT2D eigenvalue weighted by atomic mass is 9.78. The van der Waals surface area contributed by atoms with Gasteiger partial charge >= 0.3 is 0 Å². The zero-order valence-electron chi connectivity index (χ0n) is 22.2. The number of piperidine rings is 1. The lowest BCUT2D eigenvalue weighted by molar-refractivity contribution is 0.149. The monoisotopic (exact) mass is 514 g/mol. The third kappa shape index (κ3) is 7.22. The van der Waals surface area contributed by atoms with Crippen LogP contribution < -0.4 is 10.2 Å². The molecule has 2 fully saturated rings. The van der Waals surface area contributed by atoms with Crippen molar-refractivity contribution < 1.29 is 0 Å². The molecule has 2 heterocycles. The minimum Gasteiger partial charge on any atom is -0.369 e. The van der Waals surface area contributed by atoms with Crippen molar-refractivity contribution in [3.05, 3.63) is 59.2 Å². The zero-order valence-corrected chi connectivity index (χ0v) is 23.0. The number of thiocarbonyl (C=S) groups is 1. The van der Waals surface area contributed by atoms with Crippen LogP contribution in [0.15, 0.2) is 42.5 Å². The highest BCUT2D eigenvalue weighted by Gasteiger charge is 2.40. The minimum absolute atomic E-state index is 0.400. The average molecular weight is 515 g/mol. The van der Waals surface area contributed by atoms with Crippen molar-refractivity contribution in [1.82, 2.24) is 9.80 Å². The largest absolute Gasteiger partial charge is 0.369 e. The second-order valence-electron chi connectivity index (χ2n) is 10.7. The molecular weight excluding hydrogens is 476 g/mol. The van der Waals surface area contributed by atoms with Gasteiger partial charge in [-0.1, -0.05) is 18.2 Å². The molecule has 0 aromatic heterocycles. The fourth-order valence-electron chi connectivity index (χ4n) is 5.81. The van der Waals surface area contributed by atoms with Crippen LogP contribution in [0.25, 0.3) is 0 Å². The van der Waals surface area contributed by atoms with Crippen molar-refractivity contribution >= 4 is 28.7 Å². The molecule has 1 N–H and O–H groups in total. The second kappa shape index (κ2) is 12.4. The van der Waals surface area contributed by atoms with Gasteiger partial charge in [-0.25, -0.2) is 0 Å². The molecular formula is C30H38N6S. The van der Waals surface area contributed by atoms with Crippen LogP contribution in [0.4, 0.5) is 11.4 Å². The number of nitrogens with one attached hydrogen (secondary N) is 1. The van der Waals surface area contributed by atoms with Gasteiger partial charge in [-0.15, -0.1) is 0 Å². The molecule has 2 aliphatic rings. The van der Waals surface area contributed by atoms with E-state index in [9.17, 15) is 0 Å². The maximum Gasteiger partial charge on any atom is 0.173 e. The summed E-state index contributed by atoms with van der Waals surface area (Å²) in [5, 5.41) is 22.2. The van der Waals surface area contributed by atoms with Crippen LogP contribution in [0.2, 0.25) is 0 Å². The first kappa shape index (κ1) is 26.9. The summed E-state index contributed by atoms with van der Waals surface area (Å²) < 4.78 is 0. The molecule has 7 heteroatoms. The van der Waals surface area contributed by atoms with Gasteiger partial charge < -0.3 is 15.1 Å². The first-order chi connectivity index (χ1) is 17.9. The Bertz CT molecular complexity index is 1120. The van der Waals surface area contributed by atoms with Gasteiger partial charge in [0, 0.05) is 50.6 Å². The van der Waals surface area contributed by atoms with Crippen LogP contribution >= 0.6 is 12.2 Å². The quantitative estimate of drug-likeness (QED) is 0.458. The number of nitrogens with zero attached hydrogens (tertiary/aromatic N) is 5. The maximum atomic E-state index is 8.96. The van der Waals surface area contributed by atoms with Crippen molar-refractivity contribution in [1.29, 1.82) is 10.5 Å². The number of benzene rings is 2. The van der Waals surface area contributed by atoms with Gasteiger partial charge in [0.2, 0.25) is 0 Å². The first-order valence-corrected chi connectivity index (χ1v) is 13.7. The molecule has 4 rings (SSSR count). The highest BCUT2D eigenvalue weighted by Crippen LogP contribution is 2.41. The van der Waals surface area contributed by atoms with Gasteiger partial charge in [-0.2, -0.15) is 10.5 Å². The van der Waals surface area contributed by atoms with E-state index in [4.69, 9.17) is 22.7 Å². The SMILES string of the molecule is Cc1cc(C)cc(NC(=S)N2CCC3(CCN(Cc4ccc(N(CCC#N)CCC#N)cc4)C3)CC2)c1.